The number of hydrogen-bond acceptors (Lipinski definition) is 5. The van der Waals surface area contributed by atoms with Crippen LogP contribution in [0, 0.1) is 12.8 Å². The van der Waals surface area contributed by atoms with Gasteiger partial charge in [-0.3, -0.25) is 9.59 Å². The Balaban J connectivity index is 0.000000261. The Labute approximate surface area is 164 Å². The Morgan fingerprint density at radius 1 is 1.21 bits per heavy atom. The first kappa shape index (κ1) is 21.4. The molecule has 1 aromatic heterocycles. The summed E-state index contributed by atoms with van der Waals surface area (Å²) in [5.41, 5.74) is 8.16. The number of likely N-dealkylation sites (tertiary alicyclic amines) is 1. The first-order valence-corrected chi connectivity index (χ1v) is 9.33. The highest BCUT2D eigenvalue weighted by Gasteiger charge is 2.22. The predicted molar refractivity (Wildman–Crippen MR) is 107 cm³/mol. The molecule has 2 heterocycles. The molecule has 7 heteroatoms. The average molecular weight is 385 g/mol. The number of carbonyl (C=O) groups is 2. The Morgan fingerprint density at radius 3 is 2.43 bits per heavy atom. The molecule has 2 aromatic rings. The van der Waals surface area contributed by atoms with Crippen molar-refractivity contribution in [1.29, 1.82) is 0 Å². The number of aryl methyl sites for hydroxylation is 1. The first-order chi connectivity index (χ1) is 13.5. The van der Waals surface area contributed by atoms with E-state index in [1.165, 1.54) is 23.9 Å². The summed E-state index contributed by atoms with van der Waals surface area (Å²) in [7, 11) is 0. The van der Waals surface area contributed by atoms with Crippen molar-refractivity contribution < 1.29 is 14.3 Å². The number of amides is 1. The molecule has 1 saturated heterocycles. The van der Waals surface area contributed by atoms with Crippen molar-refractivity contribution in [3.63, 3.8) is 0 Å². The average Bonchev–Trinajstić information content (AvgIpc) is 2.74. The zero-order valence-corrected chi connectivity index (χ0v) is 16.1. The number of H-pyrrole nitrogens is 1. The number of pyridine rings is 1. The van der Waals surface area contributed by atoms with Gasteiger partial charge in [0.25, 0.3) is 0 Å². The van der Waals surface area contributed by atoms with E-state index in [-0.39, 0.29) is 11.7 Å². The van der Waals surface area contributed by atoms with Crippen LogP contribution in [0.2, 0.25) is 0 Å². The van der Waals surface area contributed by atoms with E-state index in [4.69, 9.17) is 10.5 Å². The number of aromatic amines is 1. The van der Waals surface area contributed by atoms with Gasteiger partial charge < -0.3 is 20.4 Å². The second-order valence-electron chi connectivity index (χ2n) is 6.81. The highest BCUT2D eigenvalue weighted by Crippen LogP contribution is 2.17. The van der Waals surface area contributed by atoms with Crippen LogP contribution in [-0.4, -0.2) is 41.9 Å². The molecule has 0 unspecified atom stereocenters. The quantitative estimate of drug-likeness (QED) is 0.787. The Bertz CT molecular complexity index is 789. The summed E-state index contributed by atoms with van der Waals surface area (Å²) in [5.74, 6) is 0.557. The van der Waals surface area contributed by atoms with Crippen molar-refractivity contribution in [2.24, 2.45) is 11.7 Å². The third-order valence-electron chi connectivity index (χ3n) is 4.63. The number of benzene rings is 1. The number of ether oxygens (including phenoxy) is 1. The minimum Gasteiger partial charge on any atom is -0.445 e. The van der Waals surface area contributed by atoms with Crippen LogP contribution >= 0.6 is 0 Å². The third-order valence-corrected chi connectivity index (χ3v) is 4.63. The van der Waals surface area contributed by atoms with Crippen molar-refractivity contribution in [1.82, 2.24) is 9.88 Å². The summed E-state index contributed by atoms with van der Waals surface area (Å²) < 4.78 is 5.33. The molecule has 0 spiro atoms. The van der Waals surface area contributed by atoms with E-state index in [9.17, 15) is 14.4 Å². The molecule has 1 aromatic carbocycles. The summed E-state index contributed by atoms with van der Waals surface area (Å²) in [4.78, 5) is 36.4. The number of nitrogens with zero attached hydrogens (tertiary/aromatic N) is 1. The van der Waals surface area contributed by atoms with Crippen molar-refractivity contribution >= 4 is 12.4 Å². The van der Waals surface area contributed by atoms with Crippen LogP contribution < -0.4 is 11.3 Å². The van der Waals surface area contributed by atoms with Gasteiger partial charge in [0.05, 0.1) is 0 Å². The largest absolute Gasteiger partial charge is 0.445 e. The predicted octanol–water partition coefficient (Wildman–Crippen LogP) is 2.49. The van der Waals surface area contributed by atoms with Crippen molar-refractivity contribution in [3.05, 3.63) is 69.6 Å². The smallest absolute Gasteiger partial charge is 0.410 e. The van der Waals surface area contributed by atoms with E-state index in [1.54, 1.807) is 4.90 Å². The monoisotopic (exact) mass is 385 g/mol. The van der Waals surface area contributed by atoms with Crippen molar-refractivity contribution in [2.45, 2.75) is 26.4 Å². The van der Waals surface area contributed by atoms with Gasteiger partial charge in [0.1, 0.15) is 6.61 Å². The van der Waals surface area contributed by atoms with E-state index in [2.05, 4.69) is 4.98 Å². The second kappa shape index (κ2) is 11.0. The van der Waals surface area contributed by atoms with E-state index >= 15 is 0 Å². The Hall–Kier alpha value is -2.93. The minimum atomic E-state index is -0.212. The van der Waals surface area contributed by atoms with E-state index in [1.807, 2.05) is 31.2 Å². The zero-order chi connectivity index (χ0) is 20.4. The molecule has 0 aliphatic carbocycles. The lowest BCUT2D eigenvalue weighted by molar-refractivity contribution is 0.0829. The molecular formula is C21H27N3O4. The fourth-order valence-corrected chi connectivity index (χ4v) is 2.77. The highest BCUT2D eigenvalue weighted by atomic mass is 16.6. The molecule has 1 aliphatic heterocycles. The molecule has 3 N–H and O–H groups in total. The van der Waals surface area contributed by atoms with Crippen LogP contribution in [0.5, 0.6) is 0 Å². The van der Waals surface area contributed by atoms with Gasteiger partial charge in [-0.15, -0.1) is 0 Å². The van der Waals surface area contributed by atoms with Crippen molar-refractivity contribution in [2.75, 3.05) is 19.6 Å². The number of aromatic nitrogens is 1. The lowest BCUT2D eigenvalue weighted by Crippen LogP contribution is -2.40. The van der Waals surface area contributed by atoms with Gasteiger partial charge in [0.2, 0.25) is 5.56 Å². The maximum atomic E-state index is 11.9. The summed E-state index contributed by atoms with van der Waals surface area (Å²) in [6.07, 6.45) is 3.80. The lowest BCUT2D eigenvalue weighted by atomic mass is 9.97. The Morgan fingerprint density at radius 2 is 1.89 bits per heavy atom. The molecule has 1 amide bonds. The fraction of sp³-hybridized carbons (Fsp3) is 0.381. The van der Waals surface area contributed by atoms with Gasteiger partial charge >= 0.3 is 6.09 Å². The molecule has 0 radical (unpaired) electrons. The fourth-order valence-electron chi connectivity index (χ4n) is 2.77. The third kappa shape index (κ3) is 7.00. The number of aldehydes is 1. The number of hydrogen-bond donors (Lipinski definition) is 2. The van der Waals surface area contributed by atoms with Crippen LogP contribution in [0.25, 0.3) is 0 Å². The van der Waals surface area contributed by atoms with Crippen molar-refractivity contribution in [3.8, 4) is 0 Å². The summed E-state index contributed by atoms with van der Waals surface area (Å²) in [6, 6.07) is 10.8. The normalized spacial score (nSPS) is 14.0. The van der Waals surface area contributed by atoms with Crippen LogP contribution in [0.4, 0.5) is 4.79 Å². The molecule has 0 saturated carbocycles. The molecule has 0 bridgehead atoms. The highest BCUT2D eigenvalue weighted by molar-refractivity contribution is 5.73. The number of carbonyl (C=O) groups excluding carboxylic acids is 2. The summed E-state index contributed by atoms with van der Waals surface area (Å²) in [5, 5.41) is 0. The van der Waals surface area contributed by atoms with Crippen LogP contribution in [0.15, 0.2) is 47.4 Å². The molecule has 3 rings (SSSR count). The molecule has 7 nitrogen and oxygen atoms in total. The van der Waals surface area contributed by atoms with Gasteiger partial charge in [0.15, 0.2) is 6.29 Å². The summed E-state index contributed by atoms with van der Waals surface area (Å²) >= 11 is 0. The summed E-state index contributed by atoms with van der Waals surface area (Å²) in [6.45, 7) is 4.61. The lowest BCUT2D eigenvalue weighted by Gasteiger charge is -2.30. The molecule has 150 valence electrons. The minimum absolute atomic E-state index is 0.194. The van der Waals surface area contributed by atoms with Crippen LogP contribution in [-0.2, 0) is 11.3 Å². The number of rotatable bonds is 4. The molecule has 1 fully saturated rings. The van der Waals surface area contributed by atoms with Crippen LogP contribution in [0.1, 0.15) is 34.3 Å². The number of nitrogens with one attached hydrogen (secondary N) is 1. The van der Waals surface area contributed by atoms with Crippen LogP contribution in [0.3, 0.4) is 0 Å². The topological polar surface area (TPSA) is 105 Å². The van der Waals surface area contributed by atoms with E-state index < -0.39 is 0 Å². The van der Waals surface area contributed by atoms with Gasteiger partial charge in [-0.25, -0.2) is 4.79 Å². The molecule has 0 atom stereocenters. The van der Waals surface area contributed by atoms with Gasteiger partial charge in [0, 0.05) is 30.9 Å². The Kier molecular flexibility index (Phi) is 8.42. The molecule has 1 aliphatic rings. The molecule has 28 heavy (non-hydrogen) atoms. The molecular weight excluding hydrogens is 358 g/mol. The zero-order valence-electron chi connectivity index (χ0n) is 16.1. The van der Waals surface area contributed by atoms with Gasteiger partial charge in [-0.1, -0.05) is 29.8 Å². The number of nitrogens with two attached hydrogens (primary N) is 1. The number of piperidine rings is 1. The van der Waals surface area contributed by atoms with Gasteiger partial charge in [-0.05, 0) is 43.9 Å². The van der Waals surface area contributed by atoms with E-state index in [0.29, 0.717) is 30.9 Å². The first-order valence-electron chi connectivity index (χ1n) is 9.33. The second-order valence-corrected chi connectivity index (χ2v) is 6.81. The SMILES string of the molecule is Cc1ccc(COC(=O)N2CCC(CN)CC2)cc1.O=Cc1ccc(=O)[nH]c1. The standard InChI is InChI=1S/C15H22N2O2.C6H5NO2/c1-12-2-4-14(5-3-12)11-19-15(18)17-8-6-13(10-16)7-9-17;8-4-5-1-2-6(9)7-3-5/h2-5,13H,6-11,16H2,1H3;1-4H,(H,7,9). The van der Waals surface area contributed by atoms with E-state index in [0.717, 1.165) is 31.5 Å². The maximum absolute atomic E-state index is 11.9. The maximum Gasteiger partial charge on any atom is 0.410 e. The van der Waals surface area contributed by atoms with Gasteiger partial charge in [-0.2, -0.15) is 0 Å².